The minimum Gasteiger partial charge on any atom is -0.368 e. The van der Waals surface area contributed by atoms with Crippen LogP contribution in [0.2, 0.25) is 0 Å². The van der Waals surface area contributed by atoms with Crippen LogP contribution in [0.3, 0.4) is 0 Å². The highest BCUT2D eigenvalue weighted by atomic mass is 32.2. The van der Waals surface area contributed by atoms with Gasteiger partial charge in [-0.05, 0) is 30.2 Å². The third-order valence-corrected chi connectivity index (χ3v) is 5.37. The summed E-state index contributed by atoms with van der Waals surface area (Å²) in [4.78, 5) is 12.0. The molecule has 5 nitrogen and oxygen atoms in total. The first-order valence-corrected chi connectivity index (χ1v) is 8.77. The molecule has 0 aliphatic carbocycles. The number of nitrogens with zero attached hydrogens (tertiary/aromatic N) is 3. The van der Waals surface area contributed by atoms with E-state index in [1.54, 1.807) is 0 Å². The van der Waals surface area contributed by atoms with Crippen molar-refractivity contribution < 1.29 is 4.79 Å². The van der Waals surface area contributed by atoms with Gasteiger partial charge in [-0.1, -0.05) is 60.3 Å². The van der Waals surface area contributed by atoms with Crippen molar-refractivity contribution in [3.63, 3.8) is 0 Å². The van der Waals surface area contributed by atoms with Gasteiger partial charge in [0.15, 0.2) is 10.8 Å². The summed E-state index contributed by atoms with van der Waals surface area (Å²) in [5.74, 6) is -0.399. The number of para-hydroxylation sites is 1. The first kappa shape index (κ1) is 15.7. The maximum Gasteiger partial charge on any atom is 0.235 e. The summed E-state index contributed by atoms with van der Waals surface area (Å²) in [7, 11) is 0. The van der Waals surface area contributed by atoms with Crippen LogP contribution in [0.25, 0.3) is 16.6 Å². The molecule has 2 heterocycles. The summed E-state index contributed by atoms with van der Waals surface area (Å²) in [5, 5.41) is 9.84. The predicted octanol–water partition coefficient (Wildman–Crippen LogP) is 3.51. The molecule has 0 spiro atoms. The number of aromatic nitrogens is 3. The van der Waals surface area contributed by atoms with Crippen LogP contribution in [0.5, 0.6) is 0 Å². The second-order valence-electron chi connectivity index (χ2n) is 5.83. The third kappa shape index (κ3) is 2.74. The minimum absolute atomic E-state index is 0.399. The van der Waals surface area contributed by atoms with Crippen molar-refractivity contribution >= 4 is 34.2 Å². The maximum absolute atomic E-state index is 12.0. The molecule has 4 aromatic rings. The van der Waals surface area contributed by atoms with E-state index in [0.29, 0.717) is 5.16 Å². The molecule has 1 amide bonds. The SMILES string of the molecule is Cc1cc2nnc(S[C@H](C(N)=O)c3ccccc3)n2c2ccccc12. The topological polar surface area (TPSA) is 73.3 Å². The Balaban J connectivity index is 1.87. The number of hydrogen-bond donors (Lipinski definition) is 1. The Hall–Kier alpha value is -2.86. The number of carbonyl (C=O) groups excluding carboxylic acids is 1. The fourth-order valence-electron chi connectivity index (χ4n) is 2.97. The standard InChI is InChI=1S/C19H16N4OS/c1-12-11-16-21-22-19(23(16)15-10-6-5-9-14(12)15)25-17(18(20)24)13-7-3-2-4-8-13/h2-11,17H,1H3,(H2,20,24)/t17-/m0/s1. The van der Waals surface area contributed by atoms with E-state index < -0.39 is 11.2 Å². The van der Waals surface area contributed by atoms with Gasteiger partial charge in [-0.3, -0.25) is 9.20 Å². The Morgan fingerprint density at radius 3 is 2.56 bits per heavy atom. The largest absolute Gasteiger partial charge is 0.368 e. The van der Waals surface area contributed by atoms with Crippen LogP contribution in [0.4, 0.5) is 0 Å². The number of carbonyl (C=O) groups is 1. The molecule has 124 valence electrons. The molecular weight excluding hydrogens is 332 g/mol. The molecule has 0 fully saturated rings. The smallest absolute Gasteiger partial charge is 0.235 e. The van der Waals surface area contributed by atoms with Crippen molar-refractivity contribution in [2.45, 2.75) is 17.3 Å². The van der Waals surface area contributed by atoms with Crippen LogP contribution in [-0.4, -0.2) is 20.5 Å². The van der Waals surface area contributed by atoms with Crippen LogP contribution in [0.15, 0.2) is 65.8 Å². The number of fused-ring (bicyclic) bond motifs is 3. The zero-order valence-corrected chi connectivity index (χ0v) is 14.4. The molecule has 2 aromatic carbocycles. The number of pyridine rings is 1. The van der Waals surface area contributed by atoms with Gasteiger partial charge in [-0.25, -0.2) is 0 Å². The van der Waals surface area contributed by atoms with E-state index in [9.17, 15) is 4.79 Å². The lowest BCUT2D eigenvalue weighted by Gasteiger charge is -2.13. The highest BCUT2D eigenvalue weighted by Gasteiger charge is 2.23. The van der Waals surface area contributed by atoms with Crippen molar-refractivity contribution in [2.75, 3.05) is 0 Å². The van der Waals surface area contributed by atoms with Gasteiger partial charge in [-0.2, -0.15) is 0 Å². The van der Waals surface area contributed by atoms with E-state index in [1.165, 1.54) is 11.8 Å². The van der Waals surface area contributed by atoms with E-state index >= 15 is 0 Å². The van der Waals surface area contributed by atoms with Crippen molar-refractivity contribution in [3.8, 4) is 0 Å². The number of aryl methyl sites for hydroxylation is 1. The highest BCUT2D eigenvalue weighted by molar-refractivity contribution is 8.00. The van der Waals surface area contributed by atoms with E-state index in [1.807, 2.05) is 59.0 Å². The van der Waals surface area contributed by atoms with Crippen LogP contribution in [0.1, 0.15) is 16.4 Å². The molecule has 6 heteroatoms. The number of benzene rings is 2. The zero-order chi connectivity index (χ0) is 17.4. The third-order valence-electron chi connectivity index (χ3n) is 4.16. The average molecular weight is 348 g/mol. The molecule has 0 saturated heterocycles. The molecule has 0 unspecified atom stereocenters. The van der Waals surface area contributed by atoms with Gasteiger partial charge < -0.3 is 5.73 Å². The molecule has 25 heavy (non-hydrogen) atoms. The van der Waals surface area contributed by atoms with Crippen LogP contribution in [0, 0.1) is 6.92 Å². The van der Waals surface area contributed by atoms with Crippen LogP contribution < -0.4 is 5.73 Å². The Kier molecular flexibility index (Phi) is 3.89. The van der Waals surface area contributed by atoms with Gasteiger partial charge >= 0.3 is 0 Å². The minimum atomic E-state index is -0.520. The predicted molar refractivity (Wildman–Crippen MR) is 99.5 cm³/mol. The lowest BCUT2D eigenvalue weighted by molar-refractivity contribution is -0.117. The van der Waals surface area contributed by atoms with Gasteiger partial charge in [0, 0.05) is 5.39 Å². The van der Waals surface area contributed by atoms with Crippen molar-refractivity contribution in [1.82, 2.24) is 14.6 Å². The lowest BCUT2D eigenvalue weighted by atomic mass is 10.1. The van der Waals surface area contributed by atoms with Gasteiger partial charge in [0.25, 0.3) is 0 Å². The fraction of sp³-hybridized carbons (Fsp3) is 0.105. The zero-order valence-electron chi connectivity index (χ0n) is 13.6. The fourth-order valence-corrected chi connectivity index (χ4v) is 3.98. The van der Waals surface area contributed by atoms with Crippen molar-refractivity contribution in [1.29, 1.82) is 0 Å². The van der Waals surface area contributed by atoms with Gasteiger partial charge in [0.2, 0.25) is 5.91 Å². The Morgan fingerprint density at radius 1 is 1.08 bits per heavy atom. The van der Waals surface area contributed by atoms with E-state index in [4.69, 9.17) is 5.73 Å². The molecule has 0 bridgehead atoms. The maximum atomic E-state index is 12.0. The molecule has 0 aliphatic rings. The summed E-state index contributed by atoms with van der Waals surface area (Å²) in [6.45, 7) is 2.06. The Morgan fingerprint density at radius 2 is 1.80 bits per heavy atom. The summed E-state index contributed by atoms with van der Waals surface area (Å²) >= 11 is 1.32. The Labute approximate surface area is 148 Å². The number of rotatable bonds is 4. The van der Waals surface area contributed by atoms with Crippen molar-refractivity contribution in [3.05, 3.63) is 71.8 Å². The first-order chi connectivity index (χ1) is 12.1. The normalized spacial score (nSPS) is 12.5. The second kappa shape index (κ2) is 6.22. The first-order valence-electron chi connectivity index (χ1n) is 7.89. The number of hydrogen-bond acceptors (Lipinski definition) is 4. The van der Waals surface area contributed by atoms with Gasteiger partial charge in [0.05, 0.1) is 5.52 Å². The van der Waals surface area contributed by atoms with Crippen LogP contribution in [-0.2, 0) is 4.79 Å². The summed E-state index contributed by atoms with van der Waals surface area (Å²) in [6, 6.07) is 19.6. The number of amides is 1. The molecule has 4 rings (SSSR count). The highest BCUT2D eigenvalue weighted by Crippen LogP contribution is 2.35. The number of nitrogens with two attached hydrogens (primary N) is 1. The number of thioether (sulfide) groups is 1. The number of primary amides is 1. The molecule has 0 saturated carbocycles. The second-order valence-corrected chi connectivity index (χ2v) is 6.90. The molecule has 0 aliphatic heterocycles. The Bertz CT molecular complexity index is 1070. The van der Waals surface area contributed by atoms with Crippen molar-refractivity contribution in [2.24, 2.45) is 5.73 Å². The average Bonchev–Trinajstić information content (AvgIpc) is 3.03. The quantitative estimate of drug-likeness (QED) is 0.573. The van der Waals surface area contributed by atoms with E-state index in [-0.39, 0.29) is 0 Å². The molecule has 2 N–H and O–H groups in total. The van der Waals surface area contributed by atoms with E-state index in [0.717, 1.165) is 27.7 Å². The summed E-state index contributed by atoms with van der Waals surface area (Å²) in [6.07, 6.45) is 0. The van der Waals surface area contributed by atoms with Gasteiger partial charge in [-0.15, -0.1) is 10.2 Å². The molecule has 0 radical (unpaired) electrons. The molecule has 2 aromatic heterocycles. The molecular formula is C19H16N4OS. The van der Waals surface area contributed by atoms with Gasteiger partial charge in [0.1, 0.15) is 5.25 Å². The summed E-state index contributed by atoms with van der Waals surface area (Å²) < 4.78 is 1.98. The molecule has 1 atom stereocenters. The monoisotopic (exact) mass is 348 g/mol. The van der Waals surface area contributed by atoms with E-state index in [2.05, 4.69) is 23.2 Å². The van der Waals surface area contributed by atoms with Crippen LogP contribution >= 0.6 is 11.8 Å². The summed E-state index contributed by atoms with van der Waals surface area (Å²) in [5.41, 5.74) is 9.42. The lowest BCUT2D eigenvalue weighted by Crippen LogP contribution is -2.19.